The zero-order chi connectivity index (χ0) is 29.4. The fraction of sp³-hybridized carbons (Fsp3) is 0.344. The molecular weight excluding hydrogens is 518 g/mol. The second kappa shape index (κ2) is 14.0. The lowest BCUT2D eigenvalue weighted by Crippen LogP contribution is -2.41. The Kier molecular flexibility index (Phi) is 10.2. The molecule has 0 saturated carbocycles. The molecule has 3 aromatic carbocycles. The highest BCUT2D eigenvalue weighted by Gasteiger charge is 2.40. The molecule has 1 heterocycles. The predicted molar refractivity (Wildman–Crippen MR) is 162 cm³/mol. The van der Waals surface area contributed by atoms with Gasteiger partial charge in [0.1, 0.15) is 11.8 Å². The van der Waals surface area contributed by atoms with Crippen molar-refractivity contribution < 1.29 is 19.2 Å². The van der Waals surface area contributed by atoms with Gasteiger partial charge in [0, 0.05) is 56.0 Å². The summed E-state index contributed by atoms with van der Waals surface area (Å²) in [7, 11) is 7.10. The smallest absolute Gasteiger partial charge is 0.265 e. The van der Waals surface area contributed by atoms with Crippen LogP contribution in [0.1, 0.15) is 21.5 Å². The van der Waals surface area contributed by atoms with E-state index in [-0.39, 0.29) is 17.7 Å². The van der Waals surface area contributed by atoms with E-state index in [1.54, 1.807) is 19.2 Å². The molecule has 1 fully saturated rings. The lowest BCUT2D eigenvalue weighted by molar-refractivity contribution is -0.154. The maximum absolute atomic E-state index is 12.9. The minimum absolute atomic E-state index is 0.0789. The number of anilines is 1. The number of amides is 2. The molecule has 3 aromatic rings. The second-order valence-corrected chi connectivity index (χ2v) is 10.3. The maximum atomic E-state index is 12.9. The number of carbonyl (C=O) groups is 2. The first kappa shape index (κ1) is 29.9. The van der Waals surface area contributed by atoms with Crippen molar-refractivity contribution in [2.45, 2.75) is 19.0 Å². The molecule has 0 aromatic heterocycles. The van der Waals surface area contributed by atoms with Gasteiger partial charge in [-0.3, -0.25) is 14.4 Å². The van der Waals surface area contributed by atoms with Gasteiger partial charge in [-0.05, 0) is 49.0 Å². The summed E-state index contributed by atoms with van der Waals surface area (Å²) >= 11 is 0. The van der Waals surface area contributed by atoms with Crippen molar-refractivity contribution in [3.05, 3.63) is 83.4 Å². The Labute approximate surface area is 242 Å². The van der Waals surface area contributed by atoms with E-state index in [4.69, 9.17) is 9.57 Å². The van der Waals surface area contributed by atoms with Gasteiger partial charge in [0.2, 0.25) is 0 Å². The van der Waals surface area contributed by atoms with E-state index < -0.39 is 6.04 Å². The quantitative estimate of drug-likeness (QED) is 0.260. The standard InChI is InChI=1S/C32H39N5O4/c1-33-31(38)25-16-24(17-27(18-25)36(3)4)28-13-9-12-23(30(28)40-5)20-37-29(32(39)34-2)26(21-41-37)19-35-15-14-22-10-7-6-8-11-22/h6-13,16-18,26,29,35H,2,14-15,19-21H2,1,3-5H3,(H,33,38)/t26-,29-/m0/s1. The largest absolute Gasteiger partial charge is 0.496 e. The van der Waals surface area contributed by atoms with Gasteiger partial charge in [0.05, 0.1) is 20.3 Å². The van der Waals surface area contributed by atoms with Crippen molar-refractivity contribution >= 4 is 24.2 Å². The fourth-order valence-electron chi connectivity index (χ4n) is 5.14. The molecule has 0 radical (unpaired) electrons. The third kappa shape index (κ3) is 7.18. The Morgan fingerprint density at radius 3 is 2.59 bits per heavy atom. The Hall–Kier alpha value is -4.05. The summed E-state index contributed by atoms with van der Waals surface area (Å²) in [5.74, 6) is 0.0838. The normalized spacial score (nSPS) is 16.8. The van der Waals surface area contributed by atoms with Gasteiger partial charge >= 0.3 is 0 Å². The highest BCUT2D eigenvalue weighted by Crippen LogP contribution is 2.37. The number of benzene rings is 3. The molecule has 1 saturated heterocycles. The molecule has 1 aliphatic rings. The molecular formula is C32H39N5O4. The van der Waals surface area contributed by atoms with Crippen LogP contribution < -0.4 is 20.3 Å². The van der Waals surface area contributed by atoms with Crippen LogP contribution in [0.3, 0.4) is 0 Å². The molecule has 2 atom stereocenters. The summed E-state index contributed by atoms with van der Waals surface area (Å²) in [5, 5.41) is 7.87. The number of nitrogens with one attached hydrogen (secondary N) is 2. The topological polar surface area (TPSA) is 95.5 Å². The van der Waals surface area contributed by atoms with E-state index in [0.717, 1.165) is 35.3 Å². The van der Waals surface area contributed by atoms with Crippen molar-refractivity contribution in [1.29, 1.82) is 0 Å². The predicted octanol–water partition coefficient (Wildman–Crippen LogP) is 3.58. The zero-order valence-corrected chi connectivity index (χ0v) is 24.2. The van der Waals surface area contributed by atoms with Crippen molar-refractivity contribution in [3.63, 3.8) is 0 Å². The zero-order valence-electron chi connectivity index (χ0n) is 24.2. The van der Waals surface area contributed by atoms with E-state index in [0.29, 0.717) is 31.0 Å². The molecule has 0 unspecified atom stereocenters. The molecule has 2 amide bonds. The van der Waals surface area contributed by atoms with E-state index >= 15 is 0 Å². The number of para-hydroxylation sites is 1. The molecule has 4 rings (SSSR count). The summed E-state index contributed by atoms with van der Waals surface area (Å²) < 4.78 is 5.91. The van der Waals surface area contributed by atoms with Gasteiger partial charge in [0.25, 0.3) is 11.8 Å². The lowest BCUT2D eigenvalue weighted by atomic mass is 9.97. The second-order valence-electron chi connectivity index (χ2n) is 10.3. The summed E-state index contributed by atoms with van der Waals surface area (Å²) in [6.45, 7) is 5.62. The van der Waals surface area contributed by atoms with Crippen LogP contribution in [-0.2, 0) is 22.6 Å². The summed E-state index contributed by atoms with van der Waals surface area (Å²) in [5.41, 5.74) is 5.23. The number of hydrogen-bond acceptors (Lipinski definition) is 7. The molecule has 41 heavy (non-hydrogen) atoms. The average Bonchev–Trinajstić information content (AvgIpc) is 3.40. The minimum Gasteiger partial charge on any atom is -0.496 e. The van der Waals surface area contributed by atoms with E-state index in [9.17, 15) is 9.59 Å². The Morgan fingerprint density at radius 2 is 1.90 bits per heavy atom. The Bertz CT molecular complexity index is 1360. The number of hydrogen-bond donors (Lipinski definition) is 2. The SMILES string of the molecule is C=NC(=O)[C@@H]1[C@@H](CNCCc2ccccc2)CON1Cc1cccc(-c2cc(C(=O)NC)cc(N(C)C)c2)c1OC. The average molecular weight is 558 g/mol. The fourth-order valence-corrected chi connectivity index (χ4v) is 5.14. The van der Waals surface area contributed by atoms with Gasteiger partial charge in [-0.2, -0.15) is 5.06 Å². The number of carbonyl (C=O) groups excluding carboxylic acids is 2. The first-order valence-electron chi connectivity index (χ1n) is 13.7. The first-order chi connectivity index (χ1) is 19.9. The van der Waals surface area contributed by atoms with Crippen LogP contribution >= 0.6 is 0 Å². The number of methoxy groups -OCH3 is 1. The van der Waals surface area contributed by atoms with Crippen LogP contribution in [0.25, 0.3) is 11.1 Å². The number of aliphatic imine (C=N–C) groups is 1. The molecule has 9 heteroatoms. The highest BCUT2D eigenvalue weighted by atomic mass is 16.7. The molecule has 1 aliphatic heterocycles. The first-order valence-corrected chi connectivity index (χ1v) is 13.7. The summed E-state index contributed by atoms with van der Waals surface area (Å²) in [6.07, 6.45) is 0.900. The van der Waals surface area contributed by atoms with Gasteiger partial charge < -0.3 is 20.3 Å². The van der Waals surface area contributed by atoms with Crippen LogP contribution in [0.2, 0.25) is 0 Å². The van der Waals surface area contributed by atoms with E-state index in [1.807, 2.05) is 73.6 Å². The van der Waals surface area contributed by atoms with Crippen molar-refractivity contribution in [2.75, 3.05) is 52.8 Å². The Morgan fingerprint density at radius 1 is 1.12 bits per heavy atom. The van der Waals surface area contributed by atoms with E-state index in [1.165, 1.54) is 5.56 Å². The highest BCUT2D eigenvalue weighted by molar-refractivity contribution is 5.97. The third-order valence-electron chi connectivity index (χ3n) is 7.32. The van der Waals surface area contributed by atoms with E-state index in [2.05, 4.69) is 34.5 Å². The summed E-state index contributed by atoms with van der Waals surface area (Å²) in [4.78, 5) is 37.2. The van der Waals surface area contributed by atoms with Crippen LogP contribution in [0, 0.1) is 5.92 Å². The Balaban J connectivity index is 1.55. The molecule has 0 spiro atoms. The van der Waals surface area contributed by atoms with Crippen molar-refractivity contribution in [3.8, 4) is 16.9 Å². The monoisotopic (exact) mass is 557 g/mol. The van der Waals surface area contributed by atoms with Crippen LogP contribution in [0.5, 0.6) is 5.75 Å². The summed E-state index contributed by atoms with van der Waals surface area (Å²) in [6, 6.07) is 21.3. The van der Waals surface area contributed by atoms with Gasteiger partial charge in [0.15, 0.2) is 0 Å². The number of rotatable bonds is 12. The van der Waals surface area contributed by atoms with Gasteiger partial charge in [-0.25, -0.2) is 4.99 Å². The molecule has 216 valence electrons. The molecule has 0 aliphatic carbocycles. The van der Waals surface area contributed by atoms with Crippen LogP contribution in [-0.4, -0.2) is 77.6 Å². The maximum Gasteiger partial charge on any atom is 0.265 e. The number of nitrogens with zero attached hydrogens (tertiary/aromatic N) is 3. The van der Waals surface area contributed by atoms with Gasteiger partial charge in [-0.1, -0.05) is 48.5 Å². The minimum atomic E-state index is -0.568. The number of ether oxygens (including phenoxy) is 1. The third-order valence-corrected chi connectivity index (χ3v) is 7.32. The molecule has 0 bridgehead atoms. The number of hydroxylamine groups is 2. The molecule has 9 nitrogen and oxygen atoms in total. The lowest BCUT2D eigenvalue weighted by Gasteiger charge is -2.24. The van der Waals surface area contributed by atoms with Crippen LogP contribution in [0.4, 0.5) is 5.69 Å². The van der Waals surface area contributed by atoms with Gasteiger partial charge in [-0.15, -0.1) is 0 Å². The van der Waals surface area contributed by atoms with Crippen molar-refractivity contribution in [2.24, 2.45) is 10.9 Å². The molecule has 2 N–H and O–H groups in total. The van der Waals surface area contributed by atoms with Crippen LogP contribution in [0.15, 0.2) is 71.7 Å². The van der Waals surface area contributed by atoms with Crippen molar-refractivity contribution in [1.82, 2.24) is 15.7 Å².